The number of carbonyl (C=O) groups excluding carboxylic acids is 1. The van der Waals surface area contributed by atoms with Crippen LogP contribution in [0, 0.1) is 0 Å². The molecular formula is C23H25N3O4S. The number of amides is 1. The molecule has 1 fully saturated rings. The smallest absolute Gasteiger partial charge is 0.240 e. The lowest BCUT2D eigenvalue weighted by Crippen LogP contribution is -2.23. The number of carbonyl (C=O) groups is 1. The van der Waals surface area contributed by atoms with Crippen molar-refractivity contribution in [3.05, 3.63) is 72.0 Å². The topological polar surface area (TPSA) is 91.7 Å². The molecule has 1 aliphatic heterocycles. The second kappa shape index (κ2) is 9.05. The lowest BCUT2D eigenvalue weighted by atomic mass is 10.2. The molecule has 3 aromatic rings. The molecule has 0 radical (unpaired) electrons. The number of nitrogens with one attached hydrogen (secondary N) is 2. The first kappa shape index (κ1) is 21.3. The van der Waals surface area contributed by atoms with E-state index in [4.69, 9.17) is 4.42 Å². The van der Waals surface area contributed by atoms with Gasteiger partial charge in [-0.05, 0) is 67.6 Å². The van der Waals surface area contributed by atoms with E-state index in [9.17, 15) is 13.2 Å². The summed E-state index contributed by atoms with van der Waals surface area (Å²) in [4.78, 5) is 13.9. The minimum Gasteiger partial charge on any atom is -0.460 e. The second-order valence-electron chi connectivity index (χ2n) is 7.42. The number of benzene rings is 2. The van der Waals surface area contributed by atoms with Crippen LogP contribution < -0.4 is 14.9 Å². The molecule has 0 spiro atoms. The van der Waals surface area contributed by atoms with Crippen molar-refractivity contribution in [2.24, 2.45) is 0 Å². The van der Waals surface area contributed by atoms with Crippen molar-refractivity contribution in [1.82, 2.24) is 10.0 Å². The summed E-state index contributed by atoms with van der Waals surface area (Å²) in [6, 6.07) is 18.4. The van der Waals surface area contributed by atoms with Gasteiger partial charge in [-0.1, -0.05) is 12.1 Å². The van der Waals surface area contributed by atoms with Gasteiger partial charge in [0, 0.05) is 30.8 Å². The van der Waals surface area contributed by atoms with Gasteiger partial charge in [0.1, 0.15) is 11.5 Å². The third-order valence-corrected chi connectivity index (χ3v) is 6.76. The molecule has 0 atom stereocenters. The Hall–Kier alpha value is -2.94. The molecular weight excluding hydrogens is 414 g/mol. The van der Waals surface area contributed by atoms with Gasteiger partial charge in [0.05, 0.1) is 11.4 Å². The number of anilines is 1. The summed E-state index contributed by atoms with van der Waals surface area (Å²) in [5.74, 6) is 1.67. The van der Waals surface area contributed by atoms with Crippen LogP contribution in [-0.4, -0.2) is 27.9 Å². The van der Waals surface area contributed by atoms with Crippen LogP contribution in [0.4, 0.5) is 5.69 Å². The van der Waals surface area contributed by atoms with E-state index in [1.54, 1.807) is 24.3 Å². The third kappa shape index (κ3) is 4.87. The lowest BCUT2D eigenvalue weighted by molar-refractivity contribution is -0.117. The van der Waals surface area contributed by atoms with E-state index in [1.807, 2.05) is 41.3 Å². The molecule has 8 heteroatoms. The summed E-state index contributed by atoms with van der Waals surface area (Å²) in [6.07, 6.45) is 1.56. The summed E-state index contributed by atoms with van der Waals surface area (Å²) in [5, 5.41) is 3.36. The molecule has 2 N–H and O–H groups in total. The molecule has 162 valence electrons. The van der Waals surface area contributed by atoms with Gasteiger partial charge in [0.2, 0.25) is 15.9 Å². The van der Waals surface area contributed by atoms with Crippen molar-refractivity contribution in [2.45, 2.75) is 30.8 Å². The van der Waals surface area contributed by atoms with E-state index >= 15 is 0 Å². The van der Waals surface area contributed by atoms with Crippen molar-refractivity contribution in [3.63, 3.8) is 0 Å². The van der Waals surface area contributed by atoms with Crippen LogP contribution in [0.5, 0.6) is 0 Å². The van der Waals surface area contributed by atoms with Crippen LogP contribution in [0.2, 0.25) is 0 Å². The standard InChI is InChI=1S/C23H25N3O4S/c1-24-31(28,29)21-11-6-18(7-12-21)22-13-10-20(30-22)16-25-15-17-4-8-19(9-5-17)26-14-2-3-23(26)27/h4-13,24-25H,2-3,14-16H2,1H3. The Balaban J connectivity index is 1.32. The monoisotopic (exact) mass is 439 g/mol. The van der Waals surface area contributed by atoms with Gasteiger partial charge in [0.25, 0.3) is 0 Å². The fraction of sp³-hybridized carbons (Fsp3) is 0.261. The Bertz CT molecular complexity index is 1150. The molecule has 0 aliphatic carbocycles. The minimum absolute atomic E-state index is 0.192. The van der Waals surface area contributed by atoms with Crippen LogP contribution in [-0.2, 0) is 27.9 Å². The fourth-order valence-corrected chi connectivity index (χ4v) is 4.32. The SMILES string of the molecule is CNS(=O)(=O)c1ccc(-c2ccc(CNCc3ccc(N4CCCC4=O)cc3)o2)cc1. The molecule has 1 aromatic heterocycles. The van der Waals surface area contributed by atoms with Crippen molar-refractivity contribution >= 4 is 21.6 Å². The Morgan fingerprint density at radius 3 is 2.35 bits per heavy atom. The van der Waals surface area contributed by atoms with E-state index in [1.165, 1.54) is 7.05 Å². The van der Waals surface area contributed by atoms with Crippen molar-refractivity contribution in [2.75, 3.05) is 18.5 Å². The summed E-state index contributed by atoms with van der Waals surface area (Å²) in [6.45, 7) is 2.05. The Morgan fingerprint density at radius 1 is 0.968 bits per heavy atom. The second-order valence-corrected chi connectivity index (χ2v) is 9.30. The van der Waals surface area contributed by atoms with E-state index in [-0.39, 0.29) is 10.8 Å². The maximum Gasteiger partial charge on any atom is 0.240 e. The predicted octanol–water partition coefficient (Wildman–Crippen LogP) is 3.27. The highest BCUT2D eigenvalue weighted by Gasteiger charge is 2.21. The summed E-state index contributed by atoms with van der Waals surface area (Å²) in [7, 11) is -2.06. The average molecular weight is 440 g/mol. The highest BCUT2D eigenvalue weighted by Crippen LogP contribution is 2.24. The van der Waals surface area contributed by atoms with Crippen molar-refractivity contribution in [3.8, 4) is 11.3 Å². The zero-order valence-corrected chi connectivity index (χ0v) is 18.1. The van der Waals surface area contributed by atoms with Gasteiger partial charge in [-0.2, -0.15) is 0 Å². The third-order valence-electron chi connectivity index (χ3n) is 5.33. The van der Waals surface area contributed by atoms with Gasteiger partial charge in [-0.3, -0.25) is 4.79 Å². The quantitative estimate of drug-likeness (QED) is 0.562. The number of hydrogen-bond donors (Lipinski definition) is 2. The van der Waals surface area contributed by atoms with Crippen LogP contribution >= 0.6 is 0 Å². The molecule has 0 saturated carbocycles. The number of furan rings is 1. The molecule has 0 bridgehead atoms. The highest BCUT2D eigenvalue weighted by molar-refractivity contribution is 7.89. The van der Waals surface area contributed by atoms with E-state index < -0.39 is 10.0 Å². The lowest BCUT2D eigenvalue weighted by Gasteiger charge is -2.16. The molecule has 0 unspecified atom stereocenters. The van der Waals surface area contributed by atoms with Crippen molar-refractivity contribution < 1.29 is 17.6 Å². The van der Waals surface area contributed by atoms with Crippen LogP contribution in [0.25, 0.3) is 11.3 Å². The number of rotatable bonds is 8. The number of hydrogen-bond acceptors (Lipinski definition) is 5. The molecule has 2 aromatic carbocycles. The van der Waals surface area contributed by atoms with Gasteiger partial charge in [-0.15, -0.1) is 0 Å². The first-order valence-corrected chi connectivity index (χ1v) is 11.7. The van der Waals surface area contributed by atoms with Crippen LogP contribution in [0.1, 0.15) is 24.2 Å². The van der Waals surface area contributed by atoms with Gasteiger partial charge in [-0.25, -0.2) is 13.1 Å². The Morgan fingerprint density at radius 2 is 1.71 bits per heavy atom. The molecule has 1 aliphatic rings. The van der Waals surface area contributed by atoms with Crippen molar-refractivity contribution in [1.29, 1.82) is 0 Å². The fourth-order valence-electron chi connectivity index (χ4n) is 3.59. The molecule has 4 rings (SSSR count). The summed E-state index contributed by atoms with van der Waals surface area (Å²) >= 11 is 0. The van der Waals surface area contributed by atoms with Crippen LogP contribution in [0.15, 0.2) is 70.0 Å². The molecule has 1 amide bonds. The average Bonchev–Trinajstić information content (AvgIpc) is 3.43. The first-order chi connectivity index (χ1) is 15.0. The maximum atomic E-state index is 11.8. The van der Waals surface area contributed by atoms with E-state index in [2.05, 4.69) is 10.0 Å². The van der Waals surface area contributed by atoms with E-state index in [0.29, 0.717) is 25.3 Å². The highest BCUT2D eigenvalue weighted by atomic mass is 32.2. The Kier molecular flexibility index (Phi) is 6.22. The normalized spacial score (nSPS) is 14.4. The van der Waals surface area contributed by atoms with E-state index in [0.717, 1.165) is 35.5 Å². The first-order valence-electron chi connectivity index (χ1n) is 10.2. The number of sulfonamides is 1. The largest absolute Gasteiger partial charge is 0.460 e. The summed E-state index contributed by atoms with van der Waals surface area (Å²) in [5.41, 5.74) is 2.90. The molecule has 31 heavy (non-hydrogen) atoms. The Labute approximate surface area is 182 Å². The molecule has 7 nitrogen and oxygen atoms in total. The predicted molar refractivity (Wildman–Crippen MR) is 119 cm³/mol. The maximum absolute atomic E-state index is 11.8. The number of nitrogens with zero attached hydrogens (tertiary/aromatic N) is 1. The van der Waals surface area contributed by atoms with Gasteiger partial charge < -0.3 is 14.6 Å². The zero-order valence-electron chi connectivity index (χ0n) is 17.3. The zero-order chi connectivity index (χ0) is 21.8. The van der Waals surface area contributed by atoms with Gasteiger partial charge in [0.15, 0.2) is 0 Å². The minimum atomic E-state index is -3.45. The van der Waals surface area contributed by atoms with Gasteiger partial charge >= 0.3 is 0 Å². The summed E-state index contributed by atoms with van der Waals surface area (Å²) < 4.78 is 31.8. The molecule has 1 saturated heterocycles. The van der Waals surface area contributed by atoms with Crippen LogP contribution in [0.3, 0.4) is 0 Å². The molecule has 2 heterocycles.